The predicted molar refractivity (Wildman–Crippen MR) is 74.2 cm³/mol. The predicted octanol–water partition coefficient (Wildman–Crippen LogP) is 2.72. The average molecular weight is 276 g/mol. The minimum atomic E-state index is -0.390. The molecule has 1 aromatic heterocycles. The van der Waals surface area contributed by atoms with Crippen molar-refractivity contribution in [1.82, 2.24) is 9.97 Å². The van der Waals surface area contributed by atoms with Crippen molar-refractivity contribution in [2.45, 2.75) is 10.9 Å². The number of nitrogens with one attached hydrogen (secondary N) is 1. The first-order valence-electron chi connectivity index (χ1n) is 5.55. The third-order valence-electron chi connectivity index (χ3n) is 2.44. The second-order valence-corrected chi connectivity index (χ2v) is 4.62. The first-order valence-corrected chi connectivity index (χ1v) is 6.54. The molecule has 0 saturated heterocycles. The van der Waals surface area contributed by atoms with Crippen LogP contribution in [0.5, 0.6) is 0 Å². The van der Waals surface area contributed by atoms with Gasteiger partial charge in [-0.05, 0) is 17.7 Å². The van der Waals surface area contributed by atoms with Crippen LogP contribution in [0.2, 0.25) is 0 Å². The lowest BCUT2D eigenvalue weighted by Gasteiger charge is -2.05. The van der Waals surface area contributed by atoms with Crippen molar-refractivity contribution in [2.75, 3.05) is 12.4 Å². The Labute approximate surface area is 114 Å². The van der Waals surface area contributed by atoms with E-state index in [-0.39, 0.29) is 10.6 Å². The van der Waals surface area contributed by atoms with Gasteiger partial charge in [0.2, 0.25) is 0 Å². The minimum Gasteiger partial charge on any atom is -0.383 e. The van der Waals surface area contributed by atoms with Gasteiger partial charge in [-0.3, -0.25) is 10.1 Å². The fraction of sp³-hybridized carbons (Fsp3) is 0.167. The molecule has 0 amide bonds. The maximum Gasteiger partial charge on any atom is 0.292 e. The third-order valence-corrected chi connectivity index (χ3v) is 3.38. The molecule has 1 heterocycles. The Bertz CT molecular complexity index is 577. The fourth-order valence-electron chi connectivity index (χ4n) is 1.54. The lowest BCUT2D eigenvalue weighted by molar-refractivity contribution is -0.384. The third kappa shape index (κ3) is 3.41. The van der Waals surface area contributed by atoms with Crippen LogP contribution < -0.4 is 5.32 Å². The summed E-state index contributed by atoms with van der Waals surface area (Å²) in [5.74, 6) is 0.592. The van der Waals surface area contributed by atoms with Gasteiger partial charge < -0.3 is 5.32 Å². The number of thioether (sulfide) groups is 1. The molecule has 0 unspecified atom stereocenters. The van der Waals surface area contributed by atoms with Crippen LogP contribution in [-0.4, -0.2) is 21.9 Å². The molecule has 0 atom stereocenters. The van der Waals surface area contributed by atoms with Gasteiger partial charge >= 0.3 is 0 Å². The molecule has 0 spiro atoms. The van der Waals surface area contributed by atoms with Crippen LogP contribution in [0.4, 0.5) is 11.4 Å². The highest BCUT2D eigenvalue weighted by atomic mass is 32.2. The van der Waals surface area contributed by atoms with E-state index in [0.717, 1.165) is 5.56 Å². The summed E-state index contributed by atoms with van der Waals surface area (Å²) in [7, 11) is 1.66. The SMILES string of the molecule is CNc1ccc(CSc2ncccn2)cc1[N+](=O)[O-]. The summed E-state index contributed by atoms with van der Waals surface area (Å²) < 4.78 is 0. The number of nitro groups is 1. The molecule has 0 saturated carbocycles. The molecule has 19 heavy (non-hydrogen) atoms. The summed E-state index contributed by atoms with van der Waals surface area (Å²) in [6.07, 6.45) is 3.34. The lowest BCUT2D eigenvalue weighted by atomic mass is 10.2. The first-order chi connectivity index (χ1) is 9.20. The van der Waals surface area contributed by atoms with Gasteiger partial charge in [0.25, 0.3) is 5.69 Å². The second kappa shape index (κ2) is 6.14. The fourth-order valence-corrected chi connectivity index (χ4v) is 2.28. The zero-order chi connectivity index (χ0) is 13.7. The van der Waals surface area contributed by atoms with Gasteiger partial charge in [-0.2, -0.15) is 0 Å². The summed E-state index contributed by atoms with van der Waals surface area (Å²) in [6, 6.07) is 6.88. The summed E-state index contributed by atoms with van der Waals surface area (Å²) in [4.78, 5) is 18.7. The first kappa shape index (κ1) is 13.3. The van der Waals surface area contributed by atoms with Gasteiger partial charge in [0.1, 0.15) is 5.69 Å². The van der Waals surface area contributed by atoms with Crippen LogP contribution in [0.25, 0.3) is 0 Å². The van der Waals surface area contributed by atoms with Crippen LogP contribution in [0.3, 0.4) is 0 Å². The van der Waals surface area contributed by atoms with Gasteiger partial charge in [0.05, 0.1) is 4.92 Å². The Hall–Kier alpha value is -2.15. The van der Waals surface area contributed by atoms with E-state index in [1.165, 1.54) is 11.8 Å². The summed E-state index contributed by atoms with van der Waals surface area (Å²) >= 11 is 1.44. The van der Waals surface area contributed by atoms with E-state index in [1.807, 2.05) is 6.07 Å². The van der Waals surface area contributed by atoms with Gasteiger partial charge in [-0.1, -0.05) is 17.8 Å². The van der Waals surface area contributed by atoms with Crippen LogP contribution in [0.15, 0.2) is 41.8 Å². The smallest absolute Gasteiger partial charge is 0.292 e. The quantitative estimate of drug-likeness (QED) is 0.391. The molecule has 0 aliphatic heterocycles. The number of hydrogen-bond acceptors (Lipinski definition) is 6. The Morgan fingerprint density at radius 1 is 1.37 bits per heavy atom. The van der Waals surface area contributed by atoms with Crippen molar-refractivity contribution < 1.29 is 4.92 Å². The van der Waals surface area contributed by atoms with Crippen molar-refractivity contribution in [2.24, 2.45) is 0 Å². The molecule has 0 fully saturated rings. The molecule has 2 aromatic rings. The molecule has 0 radical (unpaired) electrons. The highest BCUT2D eigenvalue weighted by Crippen LogP contribution is 2.27. The Balaban J connectivity index is 2.13. The average Bonchev–Trinajstić information content (AvgIpc) is 2.46. The highest BCUT2D eigenvalue weighted by molar-refractivity contribution is 7.98. The molecule has 0 aliphatic rings. The zero-order valence-electron chi connectivity index (χ0n) is 10.2. The topological polar surface area (TPSA) is 81.0 Å². The van der Waals surface area contributed by atoms with Gasteiger partial charge in [-0.25, -0.2) is 9.97 Å². The van der Waals surface area contributed by atoms with E-state index in [9.17, 15) is 10.1 Å². The van der Waals surface area contributed by atoms with E-state index < -0.39 is 0 Å². The Morgan fingerprint density at radius 3 is 2.74 bits per heavy atom. The maximum absolute atomic E-state index is 10.9. The van der Waals surface area contributed by atoms with Crippen molar-refractivity contribution >= 4 is 23.1 Å². The number of hydrogen-bond donors (Lipinski definition) is 1. The summed E-state index contributed by atoms with van der Waals surface area (Å²) in [5, 5.41) is 14.4. The largest absolute Gasteiger partial charge is 0.383 e. The van der Waals surface area contributed by atoms with Crippen molar-refractivity contribution in [3.8, 4) is 0 Å². The van der Waals surface area contributed by atoms with Crippen LogP contribution in [-0.2, 0) is 5.75 Å². The molecular formula is C12H12N4O2S. The molecule has 0 bridgehead atoms. The molecule has 1 N–H and O–H groups in total. The van der Waals surface area contributed by atoms with Gasteiger partial charge in [-0.15, -0.1) is 0 Å². The highest BCUT2D eigenvalue weighted by Gasteiger charge is 2.13. The number of nitro benzene ring substituents is 1. The van der Waals surface area contributed by atoms with E-state index in [2.05, 4.69) is 15.3 Å². The number of benzene rings is 1. The normalized spacial score (nSPS) is 10.2. The zero-order valence-corrected chi connectivity index (χ0v) is 11.1. The van der Waals surface area contributed by atoms with Gasteiger partial charge in [0, 0.05) is 31.3 Å². The number of nitrogens with zero attached hydrogens (tertiary/aromatic N) is 3. The number of rotatable bonds is 5. The molecule has 0 aliphatic carbocycles. The Kier molecular flexibility index (Phi) is 4.30. The number of anilines is 1. The van der Waals surface area contributed by atoms with Crippen LogP contribution >= 0.6 is 11.8 Å². The van der Waals surface area contributed by atoms with E-state index in [1.54, 1.807) is 37.6 Å². The lowest BCUT2D eigenvalue weighted by Crippen LogP contribution is -1.97. The van der Waals surface area contributed by atoms with Crippen molar-refractivity contribution in [3.63, 3.8) is 0 Å². The standard InChI is InChI=1S/C12H12N4O2S/c1-13-10-4-3-9(7-11(10)16(17)18)8-19-12-14-5-2-6-15-12/h2-7,13H,8H2,1H3. The summed E-state index contributed by atoms with van der Waals surface area (Å²) in [6.45, 7) is 0. The summed E-state index contributed by atoms with van der Waals surface area (Å²) in [5.41, 5.74) is 1.45. The molecule has 1 aromatic carbocycles. The van der Waals surface area contributed by atoms with E-state index >= 15 is 0 Å². The molecular weight excluding hydrogens is 264 g/mol. The molecule has 7 heteroatoms. The monoisotopic (exact) mass is 276 g/mol. The van der Waals surface area contributed by atoms with E-state index in [4.69, 9.17) is 0 Å². The molecule has 98 valence electrons. The number of aromatic nitrogens is 2. The van der Waals surface area contributed by atoms with Gasteiger partial charge in [0.15, 0.2) is 5.16 Å². The molecule has 2 rings (SSSR count). The maximum atomic E-state index is 10.9. The molecule has 6 nitrogen and oxygen atoms in total. The minimum absolute atomic E-state index is 0.0783. The Morgan fingerprint density at radius 2 is 2.11 bits per heavy atom. The van der Waals surface area contributed by atoms with Crippen LogP contribution in [0.1, 0.15) is 5.56 Å². The van der Waals surface area contributed by atoms with Crippen LogP contribution in [0, 0.1) is 10.1 Å². The van der Waals surface area contributed by atoms with Crippen molar-refractivity contribution in [3.05, 3.63) is 52.3 Å². The van der Waals surface area contributed by atoms with E-state index in [0.29, 0.717) is 16.6 Å². The van der Waals surface area contributed by atoms with Crippen molar-refractivity contribution in [1.29, 1.82) is 0 Å². The second-order valence-electron chi connectivity index (χ2n) is 3.68.